The van der Waals surface area contributed by atoms with Crippen LogP contribution in [-0.4, -0.2) is 50.0 Å². The van der Waals surface area contributed by atoms with E-state index in [2.05, 4.69) is 26.4 Å². The van der Waals surface area contributed by atoms with Crippen LogP contribution >= 0.6 is 0 Å². The Bertz CT molecular complexity index is 894. The smallest absolute Gasteiger partial charge is 0.381 e. The molecule has 1 aliphatic rings. The van der Waals surface area contributed by atoms with Gasteiger partial charge >= 0.3 is 15.6 Å². The second-order valence-electron chi connectivity index (χ2n) is 6.28. The van der Waals surface area contributed by atoms with Crippen LogP contribution in [0.5, 0.6) is 5.75 Å². The van der Waals surface area contributed by atoms with Crippen molar-refractivity contribution in [3.8, 4) is 5.75 Å². The second kappa shape index (κ2) is 6.92. The van der Waals surface area contributed by atoms with Crippen molar-refractivity contribution in [3.63, 3.8) is 0 Å². The molecule has 0 aliphatic carbocycles. The number of likely N-dealkylation sites (tertiary alicyclic amines) is 1. The molecule has 0 amide bonds. The van der Waals surface area contributed by atoms with Gasteiger partial charge in [-0.05, 0) is 57.2 Å². The number of nitrogens with zero attached hydrogens (tertiary/aromatic N) is 2. The fourth-order valence-electron chi connectivity index (χ4n) is 2.80. The Morgan fingerprint density at radius 3 is 2.58 bits per heavy atom. The van der Waals surface area contributed by atoms with E-state index in [-0.39, 0.29) is 6.04 Å². The van der Waals surface area contributed by atoms with Gasteiger partial charge in [0.05, 0.1) is 17.4 Å². The van der Waals surface area contributed by atoms with Gasteiger partial charge in [0.15, 0.2) is 0 Å². The van der Waals surface area contributed by atoms with Crippen molar-refractivity contribution in [2.45, 2.75) is 24.4 Å². The van der Waals surface area contributed by atoms with Crippen molar-refractivity contribution in [1.82, 2.24) is 9.88 Å². The van der Waals surface area contributed by atoms with Crippen molar-refractivity contribution >= 4 is 26.7 Å². The Kier molecular flexibility index (Phi) is 4.98. The molecule has 0 atom stereocenters. The molecule has 3 rings (SSSR count). The van der Waals surface area contributed by atoms with Crippen LogP contribution in [0.2, 0.25) is 0 Å². The molecule has 6 nitrogen and oxygen atoms in total. The number of pyridine rings is 1. The number of benzene rings is 1. The SMILES string of the molecule is CN1CCC(Nc2cnc3ccc(OS(=O)(=O)C(F)(F)F)cc3c2)CC1. The molecule has 0 bridgehead atoms. The van der Waals surface area contributed by atoms with E-state index in [9.17, 15) is 21.6 Å². The molecule has 1 aromatic heterocycles. The first-order valence-electron chi connectivity index (χ1n) is 8.00. The van der Waals surface area contributed by atoms with E-state index in [1.165, 1.54) is 12.1 Å². The number of alkyl halides is 3. The molecule has 1 N–H and O–H groups in total. The standard InChI is InChI=1S/C16H18F3N3O3S/c1-22-6-4-12(5-7-22)21-13-8-11-9-14(2-3-15(11)20-10-13)25-26(23,24)16(17,18)19/h2-3,8-10,12,21H,4-7H2,1H3. The second-order valence-corrected chi connectivity index (χ2v) is 7.82. The number of halogens is 3. The van der Waals surface area contributed by atoms with E-state index < -0.39 is 21.4 Å². The average Bonchev–Trinajstić information content (AvgIpc) is 2.55. The van der Waals surface area contributed by atoms with Gasteiger partial charge < -0.3 is 14.4 Å². The molecule has 0 saturated carbocycles. The van der Waals surface area contributed by atoms with Gasteiger partial charge in [-0.2, -0.15) is 21.6 Å². The first-order chi connectivity index (χ1) is 12.1. The topological polar surface area (TPSA) is 71.5 Å². The van der Waals surface area contributed by atoms with E-state index in [0.29, 0.717) is 10.9 Å². The summed E-state index contributed by atoms with van der Waals surface area (Å²) in [5.74, 6) is -0.409. The highest BCUT2D eigenvalue weighted by Crippen LogP contribution is 2.29. The van der Waals surface area contributed by atoms with E-state index in [4.69, 9.17) is 0 Å². The minimum absolute atomic E-state index is 0.287. The van der Waals surface area contributed by atoms with Gasteiger partial charge in [-0.15, -0.1) is 0 Å². The minimum Gasteiger partial charge on any atom is -0.381 e. The van der Waals surface area contributed by atoms with E-state index in [1.807, 2.05) is 0 Å². The summed E-state index contributed by atoms with van der Waals surface area (Å²) in [5.41, 5.74) is -4.23. The number of nitrogens with one attached hydrogen (secondary N) is 1. The zero-order chi connectivity index (χ0) is 18.9. The molecular weight excluding hydrogens is 371 g/mol. The zero-order valence-corrected chi connectivity index (χ0v) is 14.8. The zero-order valence-electron chi connectivity index (χ0n) is 14.0. The Morgan fingerprint density at radius 2 is 1.92 bits per heavy atom. The normalized spacial score (nSPS) is 17.4. The average molecular weight is 389 g/mol. The van der Waals surface area contributed by atoms with Crippen molar-refractivity contribution in [3.05, 3.63) is 30.5 Å². The third kappa shape index (κ3) is 4.18. The van der Waals surface area contributed by atoms with Crippen LogP contribution in [0.25, 0.3) is 10.9 Å². The maximum absolute atomic E-state index is 12.4. The fraction of sp³-hybridized carbons (Fsp3) is 0.438. The van der Waals surface area contributed by atoms with Crippen LogP contribution in [0.1, 0.15) is 12.8 Å². The third-order valence-electron chi connectivity index (χ3n) is 4.23. The van der Waals surface area contributed by atoms with Crippen LogP contribution in [0.15, 0.2) is 30.5 Å². The summed E-state index contributed by atoms with van der Waals surface area (Å²) in [6.07, 6.45) is 3.59. The Labute approximate surface area is 149 Å². The quantitative estimate of drug-likeness (QED) is 0.640. The highest BCUT2D eigenvalue weighted by Gasteiger charge is 2.48. The van der Waals surface area contributed by atoms with Crippen molar-refractivity contribution < 1.29 is 25.8 Å². The van der Waals surface area contributed by atoms with E-state index in [0.717, 1.165) is 37.7 Å². The summed E-state index contributed by atoms with van der Waals surface area (Å²) in [5, 5.41) is 3.84. The Morgan fingerprint density at radius 1 is 1.23 bits per heavy atom. The predicted molar refractivity (Wildman–Crippen MR) is 91.5 cm³/mol. The number of hydrogen-bond acceptors (Lipinski definition) is 6. The Balaban J connectivity index is 1.80. The number of piperidine rings is 1. The summed E-state index contributed by atoms with van der Waals surface area (Å²) in [6.45, 7) is 1.96. The van der Waals surface area contributed by atoms with Crippen LogP contribution < -0.4 is 9.50 Å². The summed E-state index contributed by atoms with van der Waals surface area (Å²) >= 11 is 0. The maximum Gasteiger partial charge on any atom is 0.534 e. The number of aromatic nitrogens is 1. The number of rotatable bonds is 4. The lowest BCUT2D eigenvalue weighted by molar-refractivity contribution is -0.0500. The van der Waals surface area contributed by atoms with Gasteiger partial charge in [0.1, 0.15) is 5.75 Å². The minimum atomic E-state index is -5.70. The molecule has 1 aromatic carbocycles. The highest BCUT2D eigenvalue weighted by atomic mass is 32.2. The van der Waals surface area contributed by atoms with Crippen LogP contribution in [0.3, 0.4) is 0 Å². The maximum atomic E-state index is 12.4. The Hall–Kier alpha value is -2.07. The van der Waals surface area contributed by atoms with E-state index in [1.54, 1.807) is 12.3 Å². The number of anilines is 1. The molecular formula is C16H18F3N3O3S. The molecule has 1 saturated heterocycles. The predicted octanol–water partition coefficient (Wildman–Crippen LogP) is 2.97. The molecule has 2 heterocycles. The van der Waals surface area contributed by atoms with Gasteiger partial charge in [-0.25, -0.2) is 0 Å². The first kappa shape index (κ1) is 18.7. The molecule has 0 unspecified atom stereocenters. The molecule has 10 heteroatoms. The first-order valence-corrected chi connectivity index (χ1v) is 9.40. The van der Waals surface area contributed by atoms with Gasteiger partial charge in [-0.3, -0.25) is 4.98 Å². The van der Waals surface area contributed by atoms with Crippen LogP contribution in [0.4, 0.5) is 18.9 Å². The molecule has 2 aromatic rings. The molecule has 1 aliphatic heterocycles. The summed E-state index contributed by atoms with van der Waals surface area (Å²) in [7, 11) is -3.64. The molecule has 26 heavy (non-hydrogen) atoms. The molecule has 0 spiro atoms. The van der Waals surface area contributed by atoms with Crippen molar-refractivity contribution in [2.75, 3.05) is 25.5 Å². The summed E-state index contributed by atoms with van der Waals surface area (Å²) < 4.78 is 63.8. The van der Waals surface area contributed by atoms with Gasteiger partial charge in [-0.1, -0.05) is 0 Å². The van der Waals surface area contributed by atoms with Gasteiger partial charge in [0, 0.05) is 11.4 Å². The highest BCUT2D eigenvalue weighted by molar-refractivity contribution is 7.88. The van der Waals surface area contributed by atoms with Crippen molar-refractivity contribution in [2.24, 2.45) is 0 Å². The fourth-order valence-corrected chi connectivity index (χ4v) is 3.25. The monoisotopic (exact) mass is 389 g/mol. The lowest BCUT2D eigenvalue weighted by Gasteiger charge is -2.30. The molecule has 0 radical (unpaired) electrons. The molecule has 142 valence electrons. The molecule has 1 fully saturated rings. The van der Waals surface area contributed by atoms with Crippen LogP contribution in [0, 0.1) is 0 Å². The summed E-state index contributed by atoms with van der Waals surface area (Å²) in [6, 6.07) is 5.79. The van der Waals surface area contributed by atoms with Crippen molar-refractivity contribution in [1.29, 1.82) is 0 Å². The van der Waals surface area contributed by atoms with E-state index >= 15 is 0 Å². The lowest BCUT2D eigenvalue weighted by atomic mass is 10.1. The number of hydrogen-bond donors (Lipinski definition) is 1. The summed E-state index contributed by atoms with van der Waals surface area (Å²) in [4.78, 5) is 6.49. The van der Waals surface area contributed by atoms with Gasteiger partial charge in [0.25, 0.3) is 0 Å². The largest absolute Gasteiger partial charge is 0.534 e. The lowest BCUT2D eigenvalue weighted by Crippen LogP contribution is -2.36. The van der Waals surface area contributed by atoms with Gasteiger partial charge in [0.2, 0.25) is 0 Å². The van der Waals surface area contributed by atoms with Crippen LogP contribution in [-0.2, 0) is 10.1 Å². The third-order valence-corrected chi connectivity index (χ3v) is 5.21. The number of fused-ring (bicyclic) bond motifs is 1.